The molecule has 160 valence electrons. The Morgan fingerprint density at radius 1 is 1.24 bits per heavy atom. The van der Waals surface area contributed by atoms with E-state index in [4.69, 9.17) is 0 Å². The molecule has 0 aliphatic carbocycles. The summed E-state index contributed by atoms with van der Waals surface area (Å²) in [5.41, 5.74) is 4.82. The zero-order chi connectivity index (χ0) is 18.6. The molecule has 1 aromatic heterocycles. The Kier molecular flexibility index (Phi) is 8.80. The minimum absolute atomic E-state index is 0. The minimum Gasteiger partial charge on any atom is -0.371 e. The maximum absolute atomic E-state index is 12.2. The van der Waals surface area contributed by atoms with E-state index in [0.29, 0.717) is 18.8 Å². The van der Waals surface area contributed by atoms with E-state index in [9.17, 15) is 4.79 Å². The molecule has 1 fully saturated rings. The standard InChI is InChI=1S/C21H29N5O.2ClH/c1-16-2-5-19(6-3-16)25-10-8-17(15-25)13-23-21(27)7-4-18-12-20-14-22-9-11-26(20)24-18;;/h2-3,5-6,12,17,22H,4,7-11,13-15H2,1H3,(H,23,27);2*1H. The van der Waals surface area contributed by atoms with Crippen molar-refractivity contribution in [2.75, 3.05) is 31.1 Å². The van der Waals surface area contributed by atoms with Gasteiger partial charge in [0.05, 0.1) is 17.9 Å². The van der Waals surface area contributed by atoms with Crippen molar-refractivity contribution in [2.24, 2.45) is 5.92 Å². The molecule has 4 rings (SSSR count). The third-order valence-corrected chi connectivity index (χ3v) is 5.60. The van der Waals surface area contributed by atoms with Crippen molar-refractivity contribution >= 4 is 36.4 Å². The summed E-state index contributed by atoms with van der Waals surface area (Å²) in [7, 11) is 0. The molecule has 29 heavy (non-hydrogen) atoms. The van der Waals surface area contributed by atoms with Crippen LogP contribution in [0.25, 0.3) is 0 Å². The molecule has 0 spiro atoms. The maximum Gasteiger partial charge on any atom is 0.220 e. The van der Waals surface area contributed by atoms with Gasteiger partial charge in [-0.25, -0.2) is 0 Å². The Balaban J connectivity index is 0.00000150. The number of amides is 1. The van der Waals surface area contributed by atoms with Crippen molar-refractivity contribution in [3.05, 3.63) is 47.3 Å². The fourth-order valence-corrected chi connectivity index (χ4v) is 3.95. The highest BCUT2D eigenvalue weighted by Gasteiger charge is 2.23. The van der Waals surface area contributed by atoms with Gasteiger partial charge in [0, 0.05) is 51.3 Å². The minimum atomic E-state index is 0. The highest BCUT2D eigenvalue weighted by Crippen LogP contribution is 2.23. The lowest BCUT2D eigenvalue weighted by Gasteiger charge is -2.19. The van der Waals surface area contributed by atoms with Gasteiger partial charge < -0.3 is 15.5 Å². The summed E-state index contributed by atoms with van der Waals surface area (Å²) in [4.78, 5) is 14.7. The Morgan fingerprint density at radius 3 is 2.79 bits per heavy atom. The number of hydrogen-bond acceptors (Lipinski definition) is 4. The zero-order valence-corrected chi connectivity index (χ0v) is 18.5. The molecule has 0 saturated carbocycles. The van der Waals surface area contributed by atoms with Gasteiger partial charge in [0.2, 0.25) is 5.91 Å². The molecule has 2 aliphatic rings. The van der Waals surface area contributed by atoms with Gasteiger partial charge in [-0.1, -0.05) is 17.7 Å². The smallest absolute Gasteiger partial charge is 0.220 e. The average molecular weight is 440 g/mol. The largest absolute Gasteiger partial charge is 0.371 e. The van der Waals surface area contributed by atoms with Crippen LogP contribution in [0.3, 0.4) is 0 Å². The fourth-order valence-electron chi connectivity index (χ4n) is 3.95. The maximum atomic E-state index is 12.2. The number of aromatic nitrogens is 2. The molecule has 8 heteroatoms. The number of nitrogens with one attached hydrogen (secondary N) is 2. The fraction of sp³-hybridized carbons (Fsp3) is 0.524. The van der Waals surface area contributed by atoms with E-state index < -0.39 is 0 Å². The van der Waals surface area contributed by atoms with Crippen LogP contribution in [0.4, 0.5) is 5.69 Å². The summed E-state index contributed by atoms with van der Waals surface area (Å²) in [5.74, 6) is 0.661. The molecule has 2 aliphatic heterocycles. The van der Waals surface area contributed by atoms with Crippen LogP contribution in [0.15, 0.2) is 30.3 Å². The van der Waals surface area contributed by atoms with Crippen LogP contribution in [-0.2, 0) is 24.3 Å². The number of carbonyl (C=O) groups excluding carboxylic acids is 1. The summed E-state index contributed by atoms with van der Waals surface area (Å²) in [6.07, 6.45) is 2.36. The molecule has 2 aromatic rings. The molecular weight excluding hydrogens is 409 g/mol. The predicted octanol–water partition coefficient (Wildman–Crippen LogP) is 2.71. The highest BCUT2D eigenvalue weighted by molar-refractivity contribution is 5.85. The first kappa shape index (κ1) is 23.5. The van der Waals surface area contributed by atoms with Gasteiger partial charge in [-0.05, 0) is 37.5 Å². The van der Waals surface area contributed by atoms with Gasteiger partial charge in [0.1, 0.15) is 0 Å². The van der Waals surface area contributed by atoms with Gasteiger partial charge in [-0.3, -0.25) is 9.48 Å². The number of hydrogen-bond donors (Lipinski definition) is 2. The monoisotopic (exact) mass is 439 g/mol. The number of fused-ring (bicyclic) bond motifs is 1. The molecule has 1 amide bonds. The van der Waals surface area contributed by atoms with Gasteiger partial charge in [0.25, 0.3) is 0 Å². The molecule has 1 saturated heterocycles. The highest BCUT2D eigenvalue weighted by atomic mass is 35.5. The van der Waals surface area contributed by atoms with E-state index in [2.05, 4.69) is 62.6 Å². The number of aryl methyl sites for hydroxylation is 2. The average Bonchev–Trinajstić information content (AvgIpc) is 3.32. The first-order valence-corrected chi connectivity index (χ1v) is 10.0. The molecule has 1 aromatic carbocycles. The molecule has 6 nitrogen and oxygen atoms in total. The van der Waals surface area contributed by atoms with Crippen molar-refractivity contribution in [2.45, 2.75) is 39.3 Å². The zero-order valence-electron chi connectivity index (χ0n) is 16.9. The van der Waals surface area contributed by atoms with Crippen molar-refractivity contribution in [3.63, 3.8) is 0 Å². The molecule has 0 bridgehead atoms. The normalized spacial score (nSPS) is 17.8. The van der Waals surface area contributed by atoms with Crippen LogP contribution in [0.1, 0.15) is 29.8 Å². The summed E-state index contributed by atoms with van der Waals surface area (Å²) >= 11 is 0. The van der Waals surface area contributed by atoms with Crippen LogP contribution < -0.4 is 15.5 Å². The van der Waals surface area contributed by atoms with Gasteiger partial charge in [-0.2, -0.15) is 5.10 Å². The second-order valence-corrected chi connectivity index (χ2v) is 7.77. The van der Waals surface area contributed by atoms with E-state index in [0.717, 1.165) is 51.4 Å². The van der Waals surface area contributed by atoms with Gasteiger partial charge in [0.15, 0.2) is 0 Å². The molecule has 1 unspecified atom stereocenters. The first-order valence-electron chi connectivity index (χ1n) is 10.0. The SMILES string of the molecule is Cc1ccc(N2CCC(CNC(=O)CCc3cc4n(n3)CCNC4)C2)cc1.Cl.Cl. The second kappa shape index (κ2) is 10.9. The van der Waals surface area contributed by atoms with Gasteiger partial charge in [-0.15, -0.1) is 24.8 Å². The number of rotatable bonds is 6. The summed E-state index contributed by atoms with van der Waals surface area (Å²) in [6.45, 7) is 7.73. The van der Waals surface area contributed by atoms with Crippen molar-refractivity contribution < 1.29 is 4.79 Å². The Labute approximate surface area is 185 Å². The predicted molar refractivity (Wildman–Crippen MR) is 121 cm³/mol. The summed E-state index contributed by atoms with van der Waals surface area (Å²) in [6, 6.07) is 10.8. The molecule has 0 radical (unpaired) electrons. The van der Waals surface area contributed by atoms with E-state index >= 15 is 0 Å². The molecule has 2 N–H and O–H groups in total. The number of nitrogens with zero attached hydrogens (tertiary/aromatic N) is 3. The van der Waals surface area contributed by atoms with E-state index in [1.165, 1.54) is 16.9 Å². The van der Waals surface area contributed by atoms with Crippen molar-refractivity contribution in [1.29, 1.82) is 0 Å². The second-order valence-electron chi connectivity index (χ2n) is 7.77. The van der Waals surface area contributed by atoms with E-state index in [1.807, 2.05) is 0 Å². The lowest BCUT2D eigenvalue weighted by atomic mass is 10.1. The van der Waals surface area contributed by atoms with Crippen LogP contribution >= 0.6 is 24.8 Å². The Morgan fingerprint density at radius 2 is 2.03 bits per heavy atom. The number of anilines is 1. The lowest BCUT2D eigenvalue weighted by Crippen LogP contribution is -2.31. The van der Waals surface area contributed by atoms with Crippen molar-refractivity contribution in [3.8, 4) is 0 Å². The number of benzene rings is 1. The van der Waals surface area contributed by atoms with E-state index in [-0.39, 0.29) is 30.7 Å². The summed E-state index contributed by atoms with van der Waals surface area (Å²) in [5, 5.41) is 11.1. The third kappa shape index (κ3) is 6.11. The van der Waals surface area contributed by atoms with Crippen LogP contribution in [0, 0.1) is 12.8 Å². The molecule has 1 atom stereocenters. The molecule has 3 heterocycles. The number of carbonyl (C=O) groups is 1. The van der Waals surface area contributed by atoms with Crippen LogP contribution in [0.5, 0.6) is 0 Å². The van der Waals surface area contributed by atoms with Gasteiger partial charge >= 0.3 is 0 Å². The lowest BCUT2D eigenvalue weighted by molar-refractivity contribution is -0.121. The van der Waals surface area contributed by atoms with E-state index in [1.54, 1.807) is 0 Å². The van der Waals surface area contributed by atoms with Crippen LogP contribution in [0.2, 0.25) is 0 Å². The van der Waals surface area contributed by atoms with Crippen LogP contribution in [-0.4, -0.2) is 41.9 Å². The quantitative estimate of drug-likeness (QED) is 0.725. The summed E-state index contributed by atoms with van der Waals surface area (Å²) < 4.78 is 2.06. The third-order valence-electron chi connectivity index (χ3n) is 5.60. The van der Waals surface area contributed by atoms with Crippen molar-refractivity contribution in [1.82, 2.24) is 20.4 Å². The topological polar surface area (TPSA) is 62.2 Å². The number of halogens is 2. The molecular formula is C21H31Cl2N5O. The first-order chi connectivity index (χ1) is 13.2. The Bertz CT molecular complexity index is 769. The Hall–Kier alpha value is -1.76.